The minimum atomic E-state index is -0.851. The van der Waals surface area contributed by atoms with Crippen LogP contribution in [-0.2, 0) is 11.2 Å². The highest BCUT2D eigenvalue weighted by Crippen LogP contribution is 2.34. The first-order valence-corrected chi connectivity index (χ1v) is 8.87. The lowest BCUT2D eigenvalue weighted by atomic mass is 10.0. The van der Waals surface area contributed by atoms with Gasteiger partial charge in [0.1, 0.15) is 0 Å². The third-order valence-electron chi connectivity index (χ3n) is 4.18. The van der Waals surface area contributed by atoms with Gasteiger partial charge in [0.05, 0.1) is 12.1 Å². The molecule has 25 heavy (non-hydrogen) atoms. The molecule has 0 radical (unpaired) electrons. The Morgan fingerprint density at radius 2 is 1.84 bits per heavy atom. The quantitative estimate of drug-likeness (QED) is 0.670. The van der Waals surface area contributed by atoms with Gasteiger partial charge in [-0.15, -0.1) is 11.3 Å². The molecule has 0 spiro atoms. The number of carboxylic acid groups (broad SMARTS) is 1. The second kappa shape index (κ2) is 7.07. The summed E-state index contributed by atoms with van der Waals surface area (Å²) in [6, 6.07) is 14.1. The highest BCUT2D eigenvalue weighted by atomic mass is 32.1. The third-order valence-corrected chi connectivity index (χ3v) is 5.15. The lowest BCUT2D eigenvalue weighted by Crippen LogP contribution is -1.99. The van der Waals surface area contributed by atoms with Crippen molar-refractivity contribution in [3.05, 3.63) is 64.0 Å². The van der Waals surface area contributed by atoms with Crippen molar-refractivity contribution in [1.82, 2.24) is 4.98 Å². The maximum Gasteiger partial charge on any atom is 0.308 e. The molecule has 1 aromatic heterocycles. The number of carbonyl (C=O) groups is 1. The number of aromatic nitrogens is 1. The van der Waals surface area contributed by atoms with Crippen LogP contribution in [-0.4, -0.2) is 16.1 Å². The number of rotatable bonds is 5. The van der Waals surface area contributed by atoms with Gasteiger partial charge in [0.15, 0.2) is 5.13 Å². The van der Waals surface area contributed by atoms with Gasteiger partial charge >= 0.3 is 5.97 Å². The Morgan fingerprint density at radius 1 is 1.08 bits per heavy atom. The van der Waals surface area contributed by atoms with E-state index >= 15 is 0 Å². The molecule has 4 nitrogen and oxygen atoms in total. The zero-order chi connectivity index (χ0) is 18.0. The summed E-state index contributed by atoms with van der Waals surface area (Å²) in [5.41, 5.74) is 6.16. The number of aliphatic carboxylic acids is 1. The summed E-state index contributed by atoms with van der Waals surface area (Å²) in [5.74, 6) is -0.851. The molecule has 1 heterocycles. The van der Waals surface area contributed by atoms with Gasteiger partial charge in [-0.25, -0.2) is 4.98 Å². The van der Waals surface area contributed by atoms with E-state index in [1.165, 1.54) is 22.5 Å². The maximum absolute atomic E-state index is 11.3. The molecule has 0 aliphatic heterocycles. The lowest BCUT2D eigenvalue weighted by Gasteiger charge is -2.06. The van der Waals surface area contributed by atoms with Crippen LogP contribution in [0.5, 0.6) is 0 Å². The predicted molar refractivity (Wildman–Crippen MR) is 103 cm³/mol. The summed E-state index contributed by atoms with van der Waals surface area (Å²) in [6.45, 7) is 6.14. The van der Waals surface area contributed by atoms with Gasteiger partial charge in [0, 0.05) is 16.1 Å². The number of nitrogens with zero attached hydrogens (tertiary/aromatic N) is 1. The molecule has 0 aliphatic carbocycles. The van der Waals surface area contributed by atoms with Crippen molar-refractivity contribution < 1.29 is 9.90 Å². The van der Waals surface area contributed by atoms with E-state index in [2.05, 4.69) is 30.2 Å². The van der Waals surface area contributed by atoms with Crippen LogP contribution in [0.3, 0.4) is 0 Å². The van der Waals surface area contributed by atoms with Gasteiger partial charge < -0.3 is 10.4 Å². The monoisotopic (exact) mass is 352 g/mol. The highest BCUT2D eigenvalue weighted by molar-refractivity contribution is 7.16. The van der Waals surface area contributed by atoms with Crippen LogP contribution in [0.25, 0.3) is 11.3 Å². The Kier molecular flexibility index (Phi) is 4.86. The predicted octanol–water partition coefficient (Wildman–Crippen LogP) is 5.11. The van der Waals surface area contributed by atoms with Crippen LogP contribution in [0.2, 0.25) is 0 Å². The molecule has 0 bridgehead atoms. The minimum absolute atomic E-state index is 0.0324. The van der Waals surface area contributed by atoms with E-state index in [1.54, 1.807) is 0 Å². The molecule has 5 heteroatoms. The van der Waals surface area contributed by atoms with Gasteiger partial charge in [-0.2, -0.15) is 0 Å². The molecular formula is C20H20N2O2S. The van der Waals surface area contributed by atoms with Crippen LogP contribution in [0.15, 0.2) is 42.5 Å². The summed E-state index contributed by atoms with van der Waals surface area (Å²) < 4.78 is 0. The van der Waals surface area contributed by atoms with Crippen LogP contribution in [0, 0.1) is 20.8 Å². The van der Waals surface area contributed by atoms with Gasteiger partial charge in [-0.05, 0) is 49.6 Å². The van der Waals surface area contributed by atoms with Crippen molar-refractivity contribution in [3.63, 3.8) is 0 Å². The molecule has 0 amide bonds. The molecule has 2 N–H and O–H groups in total. The summed E-state index contributed by atoms with van der Waals surface area (Å²) in [4.78, 5) is 16.7. The van der Waals surface area contributed by atoms with Gasteiger partial charge in [-0.3, -0.25) is 4.79 Å². The molecule has 128 valence electrons. The molecule has 0 unspecified atom stereocenters. The second-order valence-corrected chi connectivity index (χ2v) is 7.18. The number of nitrogens with one attached hydrogen (secondary N) is 1. The topological polar surface area (TPSA) is 62.2 Å². The number of hydrogen-bond donors (Lipinski definition) is 2. The van der Waals surface area contributed by atoms with E-state index in [4.69, 9.17) is 0 Å². The van der Waals surface area contributed by atoms with E-state index in [1.807, 2.05) is 43.3 Å². The smallest absolute Gasteiger partial charge is 0.308 e. The van der Waals surface area contributed by atoms with E-state index in [0.29, 0.717) is 5.13 Å². The molecule has 2 aromatic carbocycles. The fourth-order valence-corrected chi connectivity index (χ4v) is 3.59. The van der Waals surface area contributed by atoms with E-state index in [-0.39, 0.29) is 6.42 Å². The third kappa shape index (κ3) is 3.88. The van der Waals surface area contributed by atoms with Crippen molar-refractivity contribution in [2.75, 3.05) is 5.32 Å². The number of aryl methyl sites for hydroxylation is 3. The molecular weight excluding hydrogens is 332 g/mol. The molecule has 0 fully saturated rings. The molecule has 0 aliphatic rings. The number of anilines is 2. The normalized spacial score (nSPS) is 10.7. The standard InChI is InChI=1S/C20H20N2O2S/c1-12-8-9-15(10-14(12)3)19-17(11-18(23)24)25-20(22-19)21-16-7-5-4-6-13(16)2/h4-10H,11H2,1-3H3,(H,21,22)(H,23,24). The molecule has 3 rings (SSSR count). The maximum atomic E-state index is 11.3. The van der Waals surface area contributed by atoms with Crippen LogP contribution >= 0.6 is 11.3 Å². The lowest BCUT2D eigenvalue weighted by molar-refractivity contribution is -0.136. The molecule has 3 aromatic rings. The van der Waals surface area contributed by atoms with Gasteiger partial charge in [0.25, 0.3) is 0 Å². The number of benzene rings is 2. The number of para-hydroxylation sites is 1. The van der Waals surface area contributed by atoms with Crippen LogP contribution < -0.4 is 5.32 Å². The van der Waals surface area contributed by atoms with Crippen molar-refractivity contribution in [1.29, 1.82) is 0 Å². The second-order valence-electron chi connectivity index (χ2n) is 6.10. The highest BCUT2D eigenvalue weighted by Gasteiger charge is 2.16. The summed E-state index contributed by atoms with van der Waals surface area (Å²) in [5, 5.41) is 13.3. The Labute approximate surface area is 151 Å². The Hall–Kier alpha value is -2.66. The van der Waals surface area contributed by atoms with Gasteiger partial charge in [-0.1, -0.05) is 30.3 Å². The Bertz CT molecular complexity index is 931. The summed E-state index contributed by atoms with van der Waals surface area (Å²) in [6.07, 6.45) is -0.0324. The zero-order valence-electron chi connectivity index (χ0n) is 14.5. The van der Waals surface area contributed by atoms with E-state index < -0.39 is 5.97 Å². The average Bonchev–Trinajstić information content (AvgIpc) is 2.94. The van der Waals surface area contributed by atoms with Crippen molar-refractivity contribution in [2.24, 2.45) is 0 Å². The van der Waals surface area contributed by atoms with Crippen LogP contribution in [0.4, 0.5) is 10.8 Å². The minimum Gasteiger partial charge on any atom is -0.481 e. The summed E-state index contributed by atoms with van der Waals surface area (Å²) in [7, 11) is 0. The Morgan fingerprint density at radius 3 is 2.52 bits per heavy atom. The fourth-order valence-electron chi connectivity index (χ4n) is 2.60. The Balaban J connectivity index is 2.01. The van der Waals surface area contributed by atoms with Crippen molar-refractivity contribution in [3.8, 4) is 11.3 Å². The number of carboxylic acids is 1. The zero-order valence-corrected chi connectivity index (χ0v) is 15.3. The first kappa shape index (κ1) is 17.2. The van der Waals surface area contributed by atoms with E-state index in [9.17, 15) is 9.90 Å². The molecule has 0 saturated heterocycles. The first-order chi connectivity index (χ1) is 11.9. The number of hydrogen-bond acceptors (Lipinski definition) is 4. The van der Waals surface area contributed by atoms with Crippen molar-refractivity contribution >= 4 is 28.1 Å². The fraction of sp³-hybridized carbons (Fsp3) is 0.200. The first-order valence-electron chi connectivity index (χ1n) is 8.06. The molecule has 0 saturated carbocycles. The SMILES string of the molecule is Cc1ccc(-c2nc(Nc3ccccc3C)sc2CC(=O)O)cc1C. The molecule has 0 atom stereocenters. The van der Waals surface area contributed by atoms with Crippen LogP contribution in [0.1, 0.15) is 21.6 Å². The average molecular weight is 352 g/mol. The number of thiazole rings is 1. The largest absolute Gasteiger partial charge is 0.481 e. The van der Waals surface area contributed by atoms with E-state index in [0.717, 1.165) is 27.4 Å². The van der Waals surface area contributed by atoms with Crippen molar-refractivity contribution in [2.45, 2.75) is 27.2 Å². The van der Waals surface area contributed by atoms with Gasteiger partial charge in [0.2, 0.25) is 0 Å². The summed E-state index contributed by atoms with van der Waals surface area (Å²) >= 11 is 1.39.